The van der Waals surface area contributed by atoms with Crippen LogP contribution in [0, 0.1) is 24.0 Å². The number of hydrogen-bond acceptors (Lipinski definition) is 9. The molecule has 0 saturated carbocycles. The van der Waals surface area contributed by atoms with E-state index in [0.29, 0.717) is 33.9 Å². The van der Waals surface area contributed by atoms with Crippen LogP contribution in [-0.2, 0) is 0 Å². The summed E-state index contributed by atoms with van der Waals surface area (Å²) in [5.74, 6) is 0.265. The summed E-state index contributed by atoms with van der Waals surface area (Å²) in [5, 5.41) is 22.7. The van der Waals surface area contributed by atoms with E-state index in [1.54, 1.807) is 75.7 Å². The highest BCUT2D eigenvalue weighted by Crippen LogP contribution is 2.26. The second kappa shape index (κ2) is 11.9. The Bertz CT molecular complexity index is 1590. The molecule has 4 rings (SSSR count). The normalized spacial score (nSPS) is 10.4. The molecule has 204 valence electrons. The fraction of sp³-hybridized carbons (Fsp3) is 0.143. The number of aromatic nitrogens is 2. The van der Waals surface area contributed by atoms with Crippen molar-refractivity contribution in [2.45, 2.75) is 13.8 Å². The maximum absolute atomic E-state index is 13.2. The summed E-state index contributed by atoms with van der Waals surface area (Å²) >= 11 is 0. The molecular weight excluding hydrogens is 514 g/mol. The maximum atomic E-state index is 13.2. The van der Waals surface area contributed by atoms with Crippen LogP contribution in [0.3, 0.4) is 0 Å². The van der Waals surface area contributed by atoms with Gasteiger partial charge in [-0.25, -0.2) is 4.98 Å². The fourth-order valence-electron chi connectivity index (χ4n) is 3.78. The summed E-state index contributed by atoms with van der Waals surface area (Å²) < 4.78 is 5.12. The Hall–Kier alpha value is -5.52. The van der Waals surface area contributed by atoms with Crippen LogP contribution in [0.1, 0.15) is 31.8 Å². The van der Waals surface area contributed by atoms with Crippen molar-refractivity contribution in [1.82, 2.24) is 9.97 Å². The number of nitro groups is 1. The van der Waals surface area contributed by atoms with E-state index < -0.39 is 10.8 Å². The molecule has 1 heterocycles. The number of rotatable bonds is 9. The molecule has 0 atom stereocenters. The number of amides is 2. The molecule has 2 amide bonds. The number of carbonyl (C=O) groups excluding carboxylic acids is 2. The summed E-state index contributed by atoms with van der Waals surface area (Å²) in [6.45, 7) is 3.48. The zero-order valence-corrected chi connectivity index (χ0v) is 22.2. The standard InChI is InChI=1S/C28H27N7O5/c1-16-5-9-19(31-26(36)18-7-11-21(40-4)12-8-18)13-23(16)33-27(37)22-15-30-28(34-25(22)29-3)32-20-10-6-17(2)24(14-20)35(38)39/h5-15H,1-4H3,(H,31,36)(H,33,37)(H2,29,30,32,34). The first-order valence-corrected chi connectivity index (χ1v) is 12.1. The summed E-state index contributed by atoms with van der Waals surface area (Å²) in [6, 6.07) is 16.6. The second-order valence-corrected chi connectivity index (χ2v) is 8.76. The highest BCUT2D eigenvalue weighted by atomic mass is 16.6. The zero-order valence-electron chi connectivity index (χ0n) is 22.2. The molecule has 0 saturated heterocycles. The SMILES string of the molecule is CNc1nc(Nc2ccc(C)c([N+](=O)[O-])c2)ncc1C(=O)Nc1cc(NC(=O)c2ccc(OC)cc2)ccc1C. The van der Waals surface area contributed by atoms with Gasteiger partial charge in [-0.3, -0.25) is 19.7 Å². The molecule has 0 spiro atoms. The Morgan fingerprint density at radius 2 is 1.60 bits per heavy atom. The Morgan fingerprint density at radius 1 is 0.900 bits per heavy atom. The molecule has 4 N–H and O–H groups in total. The average molecular weight is 542 g/mol. The van der Waals surface area contributed by atoms with Gasteiger partial charge in [-0.05, 0) is 61.9 Å². The predicted octanol–water partition coefficient (Wildman–Crippen LogP) is 5.30. The highest BCUT2D eigenvalue weighted by molar-refractivity contribution is 6.08. The molecule has 3 aromatic carbocycles. The van der Waals surface area contributed by atoms with Crippen LogP contribution < -0.4 is 26.0 Å². The molecule has 12 nitrogen and oxygen atoms in total. The van der Waals surface area contributed by atoms with Crippen LogP contribution in [0.5, 0.6) is 5.75 Å². The van der Waals surface area contributed by atoms with E-state index in [4.69, 9.17) is 4.74 Å². The van der Waals surface area contributed by atoms with E-state index >= 15 is 0 Å². The lowest BCUT2D eigenvalue weighted by Crippen LogP contribution is -2.17. The van der Waals surface area contributed by atoms with E-state index in [2.05, 4.69) is 31.2 Å². The van der Waals surface area contributed by atoms with Crippen molar-refractivity contribution in [2.75, 3.05) is 35.4 Å². The van der Waals surface area contributed by atoms with Gasteiger partial charge in [-0.1, -0.05) is 12.1 Å². The van der Waals surface area contributed by atoms with Gasteiger partial charge in [0.2, 0.25) is 5.95 Å². The lowest BCUT2D eigenvalue weighted by molar-refractivity contribution is -0.385. The number of benzene rings is 3. The van der Waals surface area contributed by atoms with Gasteiger partial charge in [-0.2, -0.15) is 4.98 Å². The third kappa shape index (κ3) is 6.30. The summed E-state index contributed by atoms with van der Waals surface area (Å²) in [5.41, 5.74) is 3.33. The van der Waals surface area contributed by atoms with Crippen molar-refractivity contribution in [3.63, 3.8) is 0 Å². The number of anilines is 5. The lowest BCUT2D eigenvalue weighted by Gasteiger charge is -2.14. The Morgan fingerprint density at radius 3 is 2.27 bits per heavy atom. The van der Waals surface area contributed by atoms with Crippen molar-refractivity contribution in [2.24, 2.45) is 0 Å². The van der Waals surface area contributed by atoms with Crippen LogP contribution in [0.4, 0.5) is 34.5 Å². The molecule has 0 aliphatic heterocycles. The first-order valence-electron chi connectivity index (χ1n) is 12.1. The predicted molar refractivity (Wildman–Crippen MR) is 153 cm³/mol. The Kier molecular flexibility index (Phi) is 8.19. The topological polar surface area (TPSA) is 160 Å². The van der Waals surface area contributed by atoms with Gasteiger partial charge in [0.1, 0.15) is 17.1 Å². The third-order valence-corrected chi connectivity index (χ3v) is 6.03. The van der Waals surface area contributed by atoms with E-state index in [1.807, 2.05) is 6.92 Å². The molecule has 0 fully saturated rings. The fourth-order valence-corrected chi connectivity index (χ4v) is 3.78. The Balaban J connectivity index is 1.49. The minimum absolute atomic E-state index is 0.0346. The monoisotopic (exact) mass is 541 g/mol. The van der Waals surface area contributed by atoms with Crippen LogP contribution in [-0.4, -0.2) is 40.9 Å². The molecule has 4 aromatic rings. The number of methoxy groups -OCH3 is 1. The minimum Gasteiger partial charge on any atom is -0.497 e. The number of nitro benzene ring substituents is 1. The number of carbonyl (C=O) groups is 2. The van der Waals surface area contributed by atoms with E-state index in [9.17, 15) is 19.7 Å². The molecule has 0 unspecified atom stereocenters. The molecule has 0 bridgehead atoms. The maximum Gasteiger partial charge on any atom is 0.274 e. The summed E-state index contributed by atoms with van der Waals surface area (Å²) in [4.78, 5) is 45.2. The Labute approximate surface area is 230 Å². The van der Waals surface area contributed by atoms with Gasteiger partial charge >= 0.3 is 0 Å². The van der Waals surface area contributed by atoms with Crippen LogP contribution in [0.2, 0.25) is 0 Å². The number of aryl methyl sites for hydroxylation is 2. The van der Waals surface area contributed by atoms with Gasteiger partial charge in [-0.15, -0.1) is 0 Å². The quantitative estimate of drug-likeness (QED) is 0.163. The number of hydrogen-bond donors (Lipinski definition) is 4. The summed E-state index contributed by atoms with van der Waals surface area (Å²) in [7, 11) is 3.16. The second-order valence-electron chi connectivity index (χ2n) is 8.76. The van der Waals surface area contributed by atoms with E-state index in [-0.39, 0.29) is 28.9 Å². The lowest BCUT2D eigenvalue weighted by atomic mass is 10.1. The minimum atomic E-state index is -0.469. The van der Waals surface area contributed by atoms with Crippen molar-refractivity contribution < 1.29 is 19.2 Å². The number of nitrogens with one attached hydrogen (secondary N) is 4. The van der Waals surface area contributed by atoms with Crippen molar-refractivity contribution in [1.29, 1.82) is 0 Å². The molecule has 12 heteroatoms. The smallest absolute Gasteiger partial charge is 0.274 e. The van der Waals surface area contributed by atoms with Crippen molar-refractivity contribution >= 4 is 46.3 Å². The van der Waals surface area contributed by atoms with Gasteiger partial charge in [0, 0.05) is 47.5 Å². The molecule has 40 heavy (non-hydrogen) atoms. The van der Waals surface area contributed by atoms with Gasteiger partial charge in [0.25, 0.3) is 17.5 Å². The molecule has 1 aromatic heterocycles. The van der Waals surface area contributed by atoms with Crippen LogP contribution >= 0.6 is 0 Å². The van der Waals surface area contributed by atoms with Gasteiger partial charge < -0.3 is 26.0 Å². The first-order chi connectivity index (χ1) is 19.2. The molecule has 0 aliphatic carbocycles. The van der Waals surface area contributed by atoms with Crippen LogP contribution in [0.15, 0.2) is 66.9 Å². The molecular formula is C28H27N7O5. The largest absolute Gasteiger partial charge is 0.497 e. The van der Waals surface area contributed by atoms with Gasteiger partial charge in [0.05, 0.1) is 12.0 Å². The average Bonchev–Trinajstić information content (AvgIpc) is 2.95. The zero-order chi connectivity index (χ0) is 28.8. The number of nitrogens with zero attached hydrogens (tertiary/aromatic N) is 3. The van der Waals surface area contributed by atoms with Gasteiger partial charge in [0.15, 0.2) is 0 Å². The highest BCUT2D eigenvalue weighted by Gasteiger charge is 2.17. The number of ether oxygens (including phenoxy) is 1. The van der Waals surface area contributed by atoms with Crippen molar-refractivity contribution in [3.05, 3.63) is 99.2 Å². The first kappa shape index (κ1) is 27.5. The van der Waals surface area contributed by atoms with Crippen LogP contribution in [0.25, 0.3) is 0 Å². The molecule has 0 aliphatic rings. The molecule has 0 radical (unpaired) electrons. The third-order valence-electron chi connectivity index (χ3n) is 6.03. The summed E-state index contributed by atoms with van der Waals surface area (Å²) in [6.07, 6.45) is 1.35. The van der Waals surface area contributed by atoms with E-state index in [0.717, 1.165) is 5.56 Å². The van der Waals surface area contributed by atoms with Crippen molar-refractivity contribution in [3.8, 4) is 5.75 Å². The van der Waals surface area contributed by atoms with E-state index in [1.165, 1.54) is 12.3 Å².